The molecule has 1 heterocycles. The van der Waals surface area contributed by atoms with Crippen LogP contribution in [0.4, 0.5) is 5.69 Å². The van der Waals surface area contributed by atoms with Gasteiger partial charge >= 0.3 is 5.97 Å². The van der Waals surface area contributed by atoms with Gasteiger partial charge in [0.25, 0.3) is 0 Å². The number of hydrogen-bond donors (Lipinski definition) is 2. The molecule has 1 aliphatic rings. The van der Waals surface area contributed by atoms with Crippen molar-refractivity contribution >= 4 is 21.7 Å². The zero-order valence-electron chi connectivity index (χ0n) is 17.5. The summed E-state index contributed by atoms with van der Waals surface area (Å²) < 4.78 is 44.6. The molecule has 9 nitrogen and oxygen atoms in total. The van der Waals surface area contributed by atoms with Gasteiger partial charge in [-0.15, -0.1) is 0 Å². The highest BCUT2D eigenvalue weighted by Gasteiger charge is 2.25. The molecule has 0 aromatic heterocycles. The highest BCUT2D eigenvalue weighted by atomic mass is 32.2. The van der Waals surface area contributed by atoms with Crippen molar-refractivity contribution in [1.29, 1.82) is 0 Å². The van der Waals surface area contributed by atoms with Gasteiger partial charge in [0.05, 0.1) is 38.7 Å². The van der Waals surface area contributed by atoms with Gasteiger partial charge in [-0.3, -0.25) is 0 Å². The Kier molecular flexibility index (Phi) is 7.37. The minimum absolute atomic E-state index is 0.0541. The number of morpholine rings is 1. The average Bonchev–Trinajstić information content (AvgIpc) is 2.79. The Hall–Kier alpha value is -2.82. The number of nitrogens with zero attached hydrogens (tertiary/aromatic N) is 1. The molecule has 2 N–H and O–H groups in total. The molecule has 0 saturated carbocycles. The summed E-state index contributed by atoms with van der Waals surface area (Å²) >= 11 is 0. The number of carboxylic acids is 1. The van der Waals surface area contributed by atoms with Crippen molar-refractivity contribution in [2.24, 2.45) is 0 Å². The van der Waals surface area contributed by atoms with E-state index >= 15 is 0 Å². The third kappa shape index (κ3) is 5.46. The predicted molar refractivity (Wildman–Crippen MR) is 115 cm³/mol. The van der Waals surface area contributed by atoms with Crippen molar-refractivity contribution in [3.8, 4) is 11.5 Å². The van der Waals surface area contributed by atoms with Crippen LogP contribution in [0.15, 0.2) is 41.3 Å². The summed E-state index contributed by atoms with van der Waals surface area (Å²) in [5, 5.41) is 9.32. The van der Waals surface area contributed by atoms with Crippen LogP contribution in [0, 0.1) is 0 Å². The van der Waals surface area contributed by atoms with Crippen molar-refractivity contribution < 1.29 is 32.5 Å². The Morgan fingerprint density at radius 3 is 2.45 bits per heavy atom. The average molecular weight is 451 g/mol. The lowest BCUT2D eigenvalue weighted by Gasteiger charge is -2.30. The smallest absolute Gasteiger partial charge is 0.335 e. The number of ether oxygens (including phenoxy) is 3. The predicted octanol–water partition coefficient (Wildman–Crippen LogP) is 1.76. The van der Waals surface area contributed by atoms with E-state index in [2.05, 4.69) is 4.72 Å². The molecule has 0 unspecified atom stereocenters. The van der Waals surface area contributed by atoms with Crippen LogP contribution in [0.25, 0.3) is 0 Å². The van der Waals surface area contributed by atoms with Gasteiger partial charge in [-0.2, -0.15) is 0 Å². The lowest BCUT2D eigenvalue weighted by atomic mass is 10.1. The van der Waals surface area contributed by atoms with E-state index in [-0.39, 0.29) is 17.0 Å². The van der Waals surface area contributed by atoms with Crippen molar-refractivity contribution in [1.82, 2.24) is 4.72 Å². The number of sulfonamides is 1. The summed E-state index contributed by atoms with van der Waals surface area (Å²) in [6, 6.07) is 9.53. The van der Waals surface area contributed by atoms with Crippen molar-refractivity contribution in [2.45, 2.75) is 11.3 Å². The molecule has 1 saturated heterocycles. The van der Waals surface area contributed by atoms with E-state index in [9.17, 15) is 18.3 Å². The quantitative estimate of drug-likeness (QED) is 0.594. The molecule has 1 fully saturated rings. The van der Waals surface area contributed by atoms with Crippen molar-refractivity contribution in [2.75, 3.05) is 52.0 Å². The molecular weight excluding hydrogens is 424 g/mol. The zero-order chi connectivity index (χ0) is 22.4. The Balaban J connectivity index is 1.80. The van der Waals surface area contributed by atoms with Gasteiger partial charge in [-0.1, -0.05) is 6.07 Å². The van der Waals surface area contributed by atoms with Crippen LogP contribution < -0.4 is 19.1 Å². The van der Waals surface area contributed by atoms with Crippen LogP contribution in [0.3, 0.4) is 0 Å². The molecule has 168 valence electrons. The fourth-order valence-electron chi connectivity index (χ4n) is 3.37. The van der Waals surface area contributed by atoms with E-state index in [1.165, 1.54) is 25.3 Å². The lowest BCUT2D eigenvalue weighted by molar-refractivity contribution is 0.0696. The molecule has 31 heavy (non-hydrogen) atoms. The van der Waals surface area contributed by atoms with E-state index in [1.807, 2.05) is 11.0 Å². The fraction of sp³-hybridized carbons (Fsp3) is 0.381. The Labute approximate surface area is 181 Å². The van der Waals surface area contributed by atoms with Gasteiger partial charge in [0, 0.05) is 19.6 Å². The zero-order valence-corrected chi connectivity index (χ0v) is 18.3. The van der Waals surface area contributed by atoms with E-state index < -0.39 is 16.0 Å². The summed E-state index contributed by atoms with van der Waals surface area (Å²) in [5.41, 5.74) is 1.25. The van der Waals surface area contributed by atoms with Gasteiger partial charge in [-0.05, 0) is 42.3 Å². The highest BCUT2D eigenvalue weighted by molar-refractivity contribution is 7.89. The third-order valence-electron chi connectivity index (χ3n) is 5.00. The minimum atomic E-state index is -3.95. The Bertz CT molecular complexity index is 1030. The summed E-state index contributed by atoms with van der Waals surface area (Å²) in [5.74, 6) is -0.0330. The topological polar surface area (TPSA) is 114 Å². The second-order valence-electron chi connectivity index (χ2n) is 6.92. The second-order valence-corrected chi connectivity index (χ2v) is 8.66. The molecular formula is C21H26N2O7S. The summed E-state index contributed by atoms with van der Waals surface area (Å²) in [6.45, 7) is 2.15. The maximum atomic E-state index is 13.1. The van der Waals surface area contributed by atoms with Gasteiger partial charge in [-0.25, -0.2) is 17.9 Å². The number of carbonyl (C=O) groups is 1. The maximum Gasteiger partial charge on any atom is 0.335 e. The number of benzene rings is 2. The van der Waals surface area contributed by atoms with Crippen molar-refractivity contribution in [3.63, 3.8) is 0 Å². The molecule has 0 bridgehead atoms. The van der Waals surface area contributed by atoms with E-state index in [0.717, 1.165) is 5.56 Å². The number of aromatic carboxylic acids is 1. The van der Waals surface area contributed by atoms with Crippen LogP contribution in [0.5, 0.6) is 11.5 Å². The number of carboxylic acid groups (broad SMARTS) is 1. The van der Waals surface area contributed by atoms with Gasteiger partial charge < -0.3 is 24.2 Å². The van der Waals surface area contributed by atoms with E-state index in [0.29, 0.717) is 49.9 Å². The van der Waals surface area contributed by atoms with Gasteiger partial charge in [0.2, 0.25) is 10.0 Å². The first-order valence-electron chi connectivity index (χ1n) is 9.76. The Morgan fingerprint density at radius 2 is 1.81 bits per heavy atom. The second kappa shape index (κ2) is 9.99. The standard InChI is InChI=1S/C21H26N2O7S/c1-28-18-6-3-15(13-19(18)29-2)7-8-22-31(26,27)20-14-16(21(24)25)4-5-17(20)23-9-11-30-12-10-23/h3-6,13-14,22H,7-12H2,1-2H3,(H,24,25). The number of hydrogen-bond acceptors (Lipinski definition) is 7. The van der Waals surface area contributed by atoms with Crippen LogP contribution in [0.1, 0.15) is 15.9 Å². The monoisotopic (exact) mass is 450 g/mol. The number of methoxy groups -OCH3 is 2. The van der Waals surface area contributed by atoms with Crippen LogP contribution >= 0.6 is 0 Å². The third-order valence-corrected chi connectivity index (χ3v) is 6.49. The number of rotatable bonds is 9. The fourth-order valence-corrected chi connectivity index (χ4v) is 4.65. The molecule has 0 amide bonds. The molecule has 0 atom stereocenters. The van der Waals surface area contributed by atoms with E-state index in [1.54, 1.807) is 19.2 Å². The molecule has 0 radical (unpaired) electrons. The highest BCUT2D eigenvalue weighted by Crippen LogP contribution is 2.29. The normalized spacial score (nSPS) is 14.3. The largest absolute Gasteiger partial charge is 0.493 e. The van der Waals surface area contributed by atoms with Gasteiger partial charge in [0.15, 0.2) is 11.5 Å². The summed E-state index contributed by atoms with van der Waals surface area (Å²) in [6.07, 6.45) is 0.422. The minimum Gasteiger partial charge on any atom is -0.493 e. The van der Waals surface area contributed by atoms with E-state index in [4.69, 9.17) is 14.2 Å². The van der Waals surface area contributed by atoms with Crippen LogP contribution in [-0.2, 0) is 21.2 Å². The number of anilines is 1. The maximum absolute atomic E-state index is 13.1. The van der Waals surface area contributed by atoms with Crippen LogP contribution in [0.2, 0.25) is 0 Å². The molecule has 0 spiro atoms. The van der Waals surface area contributed by atoms with Crippen molar-refractivity contribution in [3.05, 3.63) is 47.5 Å². The first-order chi connectivity index (χ1) is 14.9. The molecule has 0 aliphatic carbocycles. The summed E-state index contributed by atoms with van der Waals surface area (Å²) in [4.78, 5) is 13.2. The number of nitrogens with one attached hydrogen (secondary N) is 1. The SMILES string of the molecule is COc1ccc(CCNS(=O)(=O)c2cc(C(=O)O)ccc2N2CCOCC2)cc1OC. The lowest BCUT2D eigenvalue weighted by Crippen LogP contribution is -2.38. The van der Waals surface area contributed by atoms with Crippen LogP contribution in [-0.4, -0.2) is 66.6 Å². The van der Waals surface area contributed by atoms with Gasteiger partial charge in [0.1, 0.15) is 4.90 Å². The Morgan fingerprint density at radius 1 is 1.10 bits per heavy atom. The molecule has 2 aromatic carbocycles. The first-order valence-corrected chi connectivity index (χ1v) is 11.2. The molecule has 1 aliphatic heterocycles. The molecule has 10 heteroatoms. The molecule has 2 aromatic rings. The first kappa shape index (κ1) is 22.9. The molecule has 3 rings (SSSR count). The summed E-state index contributed by atoms with van der Waals surface area (Å²) in [7, 11) is -0.867.